The fourth-order valence-electron chi connectivity index (χ4n) is 3.19. The Morgan fingerprint density at radius 2 is 2.15 bits per heavy atom. The molecule has 1 aliphatic heterocycles. The van der Waals surface area contributed by atoms with Gasteiger partial charge in [-0.2, -0.15) is 0 Å². The Bertz CT molecular complexity index is 314. The minimum Gasteiger partial charge on any atom is -0.392 e. The highest BCUT2D eigenvalue weighted by atomic mass is 79.9. The van der Waals surface area contributed by atoms with Crippen molar-refractivity contribution in [3.63, 3.8) is 0 Å². The summed E-state index contributed by atoms with van der Waals surface area (Å²) in [6.45, 7) is 0. The number of carbonyl (C=O) groups is 2. The number of alkyl halides is 1. The Kier molecular flexibility index (Phi) is 1.33. The van der Waals surface area contributed by atoms with Gasteiger partial charge in [0.25, 0.3) is 0 Å². The highest BCUT2D eigenvalue weighted by Gasteiger charge is 2.69. The van der Waals surface area contributed by atoms with Gasteiger partial charge in [-0.3, -0.25) is 4.79 Å². The van der Waals surface area contributed by atoms with Gasteiger partial charge >= 0.3 is 11.9 Å². The Labute approximate surface area is 83.9 Å². The molecule has 0 aromatic rings. The lowest BCUT2D eigenvalue weighted by molar-refractivity contribution is -0.154. The van der Waals surface area contributed by atoms with Gasteiger partial charge in [-0.15, -0.1) is 0 Å². The van der Waals surface area contributed by atoms with Crippen molar-refractivity contribution < 1.29 is 14.3 Å². The summed E-state index contributed by atoms with van der Waals surface area (Å²) in [5, 5.41) is 0. The van der Waals surface area contributed by atoms with Crippen molar-refractivity contribution in [3.05, 3.63) is 0 Å². The van der Waals surface area contributed by atoms with Crippen LogP contribution in [0, 0.1) is 17.8 Å². The molecule has 0 amide bonds. The number of fused-ring (bicyclic) bond motifs is 5. The molecule has 2 bridgehead atoms. The Morgan fingerprint density at radius 1 is 1.38 bits per heavy atom. The standard InChI is InChI=1S/C9H9BrO3/c10-9-5-2-1-4(3-5)6(9)7(11)13-8(9)12/h4-6H,1-3H2. The SMILES string of the molecule is O=C1OC(=O)C2(Br)C3CCC(C3)C12. The van der Waals surface area contributed by atoms with Crippen molar-refractivity contribution in [3.8, 4) is 0 Å². The molecule has 2 saturated carbocycles. The number of ether oxygens (including phenoxy) is 1. The zero-order chi connectivity index (χ0) is 9.22. The lowest BCUT2D eigenvalue weighted by Gasteiger charge is -2.27. The van der Waals surface area contributed by atoms with Gasteiger partial charge in [0.1, 0.15) is 4.32 Å². The number of esters is 2. The highest BCUT2D eigenvalue weighted by Crippen LogP contribution is 2.61. The monoisotopic (exact) mass is 244 g/mol. The van der Waals surface area contributed by atoms with Crippen LogP contribution in [0.5, 0.6) is 0 Å². The van der Waals surface area contributed by atoms with E-state index in [2.05, 4.69) is 20.7 Å². The summed E-state index contributed by atoms with van der Waals surface area (Å²) in [5.41, 5.74) is 0. The van der Waals surface area contributed by atoms with E-state index in [1.807, 2.05) is 0 Å². The van der Waals surface area contributed by atoms with Gasteiger partial charge in [-0.05, 0) is 31.1 Å². The average molecular weight is 245 g/mol. The molecule has 2 aliphatic carbocycles. The van der Waals surface area contributed by atoms with Crippen LogP contribution in [0.2, 0.25) is 0 Å². The number of carbonyl (C=O) groups excluding carboxylic acids is 2. The van der Waals surface area contributed by atoms with Crippen LogP contribution in [0.15, 0.2) is 0 Å². The van der Waals surface area contributed by atoms with Gasteiger partial charge in [0.2, 0.25) is 0 Å². The van der Waals surface area contributed by atoms with E-state index in [1.165, 1.54) is 0 Å². The van der Waals surface area contributed by atoms with Gasteiger partial charge in [-0.25, -0.2) is 4.79 Å². The molecule has 0 aromatic carbocycles. The Balaban J connectivity index is 2.12. The molecule has 3 nitrogen and oxygen atoms in total. The van der Waals surface area contributed by atoms with E-state index in [0.717, 1.165) is 19.3 Å². The molecule has 3 aliphatic rings. The maximum Gasteiger partial charge on any atom is 0.331 e. The quantitative estimate of drug-likeness (QED) is 0.366. The average Bonchev–Trinajstić information content (AvgIpc) is 2.66. The number of halogens is 1. The highest BCUT2D eigenvalue weighted by molar-refractivity contribution is 9.10. The van der Waals surface area contributed by atoms with Crippen molar-refractivity contribution in [1.29, 1.82) is 0 Å². The van der Waals surface area contributed by atoms with E-state index in [9.17, 15) is 9.59 Å². The summed E-state index contributed by atoms with van der Waals surface area (Å²) < 4.78 is 4.04. The van der Waals surface area contributed by atoms with Crippen LogP contribution in [0.25, 0.3) is 0 Å². The molecule has 13 heavy (non-hydrogen) atoms. The molecule has 0 aromatic heterocycles. The van der Waals surface area contributed by atoms with Crippen molar-refractivity contribution in [2.24, 2.45) is 17.8 Å². The van der Waals surface area contributed by atoms with E-state index in [0.29, 0.717) is 11.8 Å². The van der Waals surface area contributed by atoms with Crippen molar-refractivity contribution >= 4 is 27.9 Å². The van der Waals surface area contributed by atoms with Gasteiger partial charge < -0.3 is 4.74 Å². The smallest absolute Gasteiger partial charge is 0.331 e. The van der Waals surface area contributed by atoms with Crippen LogP contribution >= 0.6 is 15.9 Å². The zero-order valence-corrected chi connectivity index (χ0v) is 8.54. The maximum atomic E-state index is 11.5. The van der Waals surface area contributed by atoms with Gasteiger partial charge in [0.05, 0.1) is 5.92 Å². The minimum absolute atomic E-state index is 0.196. The van der Waals surface area contributed by atoms with Crippen molar-refractivity contribution in [2.45, 2.75) is 23.6 Å². The molecule has 4 atom stereocenters. The summed E-state index contributed by atoms with van der Waals surface area (Å²) >= 11 is 3.44. The number of hydrogen-bond acceptors (Lipinski definition) is 3. The van der Waals surface area contributed by atoms with Gasteiger partial charge in [0.15, 0.2) is 0 Å². The van der Waals surface area contributed by atoms with Crippen LogP contribution in [0.3, 0.4) is 0 Å². The summed E-state index contributed by atoms with van der Waals surface area (Å²) in [6.07, 6.45) is 3.14. The molecule has 4 heteroatoms. The van der Waals surface area contributed by atoms with Crippen LogP contribution in [-0.2, 0) is 14.3 Å². The lowest BCUT2D eigenvalue weighted by Crippen LogP contribution is -2.40. The normalized spacial score (nSPS) is 52.5. The molecule has 3 rings (SSSR count). The summed E-state index contributed by atoms with van der Waals surface area (Å²) in [7, 11) is 0. The molecule has 0 N–H and O–H groups in total. The second kappa shape index (κ2) is 2.16. The molecular weight excluding hydrogens is 236 g/mol. The second-order valence-corrected chi connectivity index (χ2v) is 5.54. The van der Waals surface area contributed by atoms with Gasteiger partial charge in [-0.1, -0.05) is 15.9 Å². The number of hydrogen-bond donors (Lipinski definition) is 0. The summed E-state index contributed by atoms with van der Waals surface area (Å²) in [6, 6.07) is 0. The molecule has 4 unspecified atom stereocenters. The van der Waals surface area contributed by atoms with Crippen LogP contribution in [0.1, 0.15) is 19.3 Å². The molecule has 70 valence electrons. The van der Waals surface area contributed by atoms with Crippen LogP contribution < -0.4 is 0 Å². The topological polar surface area (TPSA) is 43.4 Å². The molecule has 1 saturated heterocycles. The third kappa shape index (κ3) is 0.721. The molecule has 0 spiro atoms. The van der Waals surface area contributed by atoms with Crippen molar-refractivity contribution in [2.75, 3.05) is 0 Å². The maximum absolute atomic E-state index is 11.5. The third-order valence-corrected chi connectivity index (χ3v) is 5.22. The first kappa shape index (κ1) is 7.97. The molecule has 3 fully saturated rings. The first-order chi connectivity index (χ1) is 6.14. The predicted molar refractivity (Wildman–Crippen MR) is 47.1 cm³/mol. The van der Waals surface area contributed by atoms with Crippen LogP contribution in [-0.4, -0.2) is 16.3 Å². The van der Waals surface area contributed by atoms with Crippen LogP contribution in [0.4, 0.5) is 0 Å². The third-order valence-electron chi connectivity index (χ3n) is 3.75. The minimum atomic E-state index is -0.646. The largest absolute Gasteiger partial charge is 0.392 e. The summed E-state index contributed by atoms with van der Waals surface area (Å²) in [5.74, 6) is -0.160. The Morgan fingerprint density at radius 3 is 2.85 bits per heavy atom. The summed E-state index contributed by atoms with van der Waals surface area (Å²) in [4.78, 5) is 22.9. The number of rotatable bonds is 0. The van der Waals surface area contributed by atoms with E-state index < -0.39 is 4.32 Å². The molecular formula is C9H9BrO3. The van der Waals surface area contributed by atoms with E-state index in [4.69, 9.17) is 0 Å². The van der Waals surface area contributed by atoms with Crippen molar-refractivity contribution in [1.82, 2.24) is 0 Å². The van der Waals surface area contributed by atoms with E-state index in [1.54, 1.807) is 0 Å². The first-order valence-electron chi connectivity index (χ1n) is 4.59. The number of cyclic esters (lactones) is 2. The first-order valence-corrected chi connectivity index (χ1v) is 5.38. The Hall–Kier alpha value is -0.380. The lowest BCUT2D eigenvalue weighted by atomic mass is 9.81. The fraction of sp³-hybridized carbons (Fsp3) is 0.778. The second-order valence-electron chi connectivity index (χ2n) is 4.22. The molecule has 1 heterocycles. The molecule has 0 radical (unpaired) electrons. The fourth-order valence-corrected chi connectivity index (χ4v) is 4.25. The van der Waals surface area contributed by atoms with E-state index >= 15 is 0 Å². The van der Waals surface area contributed by atoms with E-state index in [-0.39, 0.29) is 17.9 Å². The zero-order valence-electron chi connectivity index (χ0n) is 6.96. The predicted octanol–water partition coefficient (Wildman–Crippen LogP) is 1.25. The van der Waals surface area contributed by atoms with Gasteiger partial charge in [0, 0.05) is 0 Å².